The van der Waals surface area contributed by atoms with Crippen molar-refractivity contribution in [1.82, 2.24) is 20.2 Å². The largest absolute Gasteiger partial charge is 0.497 e. The lowest BCUT2D eigenvalue weighted by Crippen LogP contribution is -2.43. The molecule has 0 aliphatic carbocycles. The lowest BCUT2D eigenvalue weighted by Gasteiger charge is -2.33. The Morgan fingerprint density at radius 1 is 1.16 bits per heavy atom. The molecular formula is C29H34N4O5. The zero-order chi connectivity index (χ0) is 26.5. The molecule has 200 valence electrons. The summed E-state index contributed by atoms with van der Waals surface area (Å²) in [7, 11) is 3.19. The Morgan fingerprint density at radius 2 is 2.00 bits per heavy atom. The van der Waals surface area contributed by atoms with Gasteiger partial charge in [-0.1, -0.05) is 12.1 Å². The number of benzene rings is 2. The fourth-order valence-corrected chi connectivity index (χ4v) is 5.16. The number of methoxy groups -OCH3 is 2. The smallest absolute Gasteiger partial charge is 0.259 e. The standard InChI is InChI=1S/C29H34N4O5/c1-36-18-38-27-5-3-4-19-14-21(32-29(35)28(19)27)16-31-20-9-12-33(13-10-20)17-26(34)23-8-11-30-25-7-6-22(37-2)15-24(23)25/h3-8,11,14-15,20,26,31,34H,9-10,12-13,16-18H2,1-2H3,(H,32,35). The van der Waals surface area contributed by atoms with Gasteiger partial charge >= 0.3 is 0 Å². The second kappa shape index (κ2) is 11.9. The summed E-state index contributed by atoms with van der Waals surface area (Å²) in [6.07, 6.45) is 3.06. The Hall–Kier alpha value is -3.50. The average Bonchev–Trinajstić information content (AvgIpc) is 2.94. The van der Waals surface area contributed by atoms with Crippen molar-refractivity contribution >= 4 is 21.7 Å². The number of hydrogen-bond acceptors (Lipinski definition) is 8. The number of nitrogens with zero attached hydrogens (tertiary/aromatic N) is 2. The van der Waals surface area contributed by atoms with Crippen LogP contribution < -0.4 is 20.3 Å². The third kappa shape index (κ3) is 5.81. The highest BCUT2D eigenvalue weighted by atomic mass is 16.7. The Bertz CT molecular complexity index is 1450. The van der Waals surface area contributed by atoms with Crippen molar-refractivity contribution in [2.45, 2.75) is 31.5 Å². The molecule has 0 amide bonds. The highest BCUT2D eigenvalue weighted by Crippen LogP contribution is 2.28. The number of aromatic amines is 1. The monoisotopic (exact) mass is 518 g/mol. The lowest BCUT2D eigenvalue weighted by atomic mass is 10.0. The van der Waals surface area contributed by atoms with Crippen LogP contribution in [0, 0.1) is 0 Å². The highest BCUT2D eigenvalue weighted by molar-refractivity contribution is 5.87. The number of aliphatic hydroxyl groups is 1. The van der Waals surface area contributed by atoms with Gasteiger partial charge in [0, 0.05) is 43.5 Å². The predicted molar refractivity (Wildman–Crippen MR) is 147 cm³/mol. The van der Waals surface area contributed by atoms with Crippen LogP contribution in [-0.4, -0.2) is 66.7 Å². The Kier molecular flexibility index (Phi) is 8.19. The molecule has 1 atom stereocenters. The van der Waals surface area contributed by atoms with E-state index in [1.54, 1.807) is 26.5 Å². The van der Waals surface area contributed by atoms with Crippen LogP contribution in [0.25, 0.3) is 21.7 Å². The van der Waals surface area contributed by atoms with E-state index in [-0.39, 0.29) is 12.4 Å². The molecule has 1 unspecified atom stereocenters. The van der Waals surface area contributed by atoms with Gasteiger partial charge in [0.05, 0.1) is 24.1 Å². The number of fused-ring (bicyclic) bond motifs is 2. The Labute approximate surface area is 221 Å². The summed E-state index contributed by atoms with van der Waals surface area (Å²) >= 11 is 0. The van der Waals surface area contributed by atoms with Crippen LogP contribution in [0.3, 0.4) is 0 Å². The van der Waals surface area contributed by atoms with E-state index in [9.17, 15) is 9.90 Å². The quantitative estimate of drug-likeness (QED) is 0.274. The summed E-state index contributed by atoms with van der Waals surface area (Å²) in [5.41, 5.74) is 2.38. The number of piperidine rings is 1. The van der Waals surface area contributed by atoms with Gasteiger partial charge in [0.1, 0.15) is 11.5 Å². The maximum absolute atomic E-state index is 12.8. The number of hydrogen-bond donors (Lipinski definition) is 3. The molecule has 9 heteroatoms. The number of rotatable bonds is 10. The number of ether oxygens (including phenoxy) is 3. The summed E-state index contributed by atoms with van der Waals surface area (Å²) < 4.78 is 15.9. The summed E-state index contributed by atoms with van der Waals surface area (Å²) in [6.45, 7) is 3.00. The van der Waals surface area contributed by atoms with Gasteiger partial charge in [0.2, 0.25) is 0 Å². The van der Waals surface area contributed by atoms with Crippen LogP contribution in [0.4, 0.5) is 0 Å². The van der Waals surface area contributed by atoms with E-state index >= 15 is 0 Å². The first-order chi connectivity index (χ1) is 18.6. The molecule has 0 radical (unpaired) electrons. The summed E-state index contributed by atoms with van der Waals surface area (Å²) in [6, 6.07) is 15.5. The minimum absolute atomic E-state index is 0.0888. The molecule has 3 heterocycles. The SMILES string of the molecule is COCOc1cccc2cc(CNC3CCN(CC(O)c4ccnc5ccc(OC)cc45)CC3)[nH]c(=O)c12. The van der Waals surface area contributed by atoms with Crippen LogP contribution in [-0.2, 0) is 11.3 Å². The summed E-state index contributed by atoms with van der Waals surface area (Å²) in [5.74, 6) is 1.26. The maximum atomic E-state index is 12.8. The maximum Gasteiger partial charge on any atom is 0.259 e. The fraction of sp³-hybridized carbons (Fsp3) is 0.379. The molecule has 4 aromatic rings. The normalized spacial score (nSPS) is 15.7. The van der Waals surface area contributed by atoms with Crippen molar-refractivity contribution in [2.24, 2.45) is 0 Å². The molecule has 1 fully saturated rings. The van der Waals surface area contributed by atoms with Crippen LogP contribution in [0.1, 0.15) is 30.2 Å². The number of nitrogens with one attached hydrogen (secondary N) is 2. The molecule has 2 aromatic heterocycles. The van der Waals surface area contributed by atoms with E-state index in [0.29, 0.717) is 30.3 Å². The van der Waals surface area contributed by atoms with E-state index in [2.05, 4.69) is 20.2 Å². The van der Waals surface area contributed by atoms with Crippen LogP contribution in [0.15, 0.2) is 59.5 Å². The molecule has 9 nitrogen and oxygen atoms in total. The van der Waals surface area contributed by atoms with Gasteiger partial charge in [-0.3, -0.25) is 9.78 Å². The van der Waals surface area contributed by atoms with E-state index < -0.39 is 6.10 Å². The third-order valence-corrected chi connectivity index (χ3v) is 7.16. The van der Waals surface area contributed by atoms with Crippen molar-refractivity contribution in [3.8, 4) is 11.5 Å². The number of H-pyrrole nitrogens is 1. The highest BCUT2D eigenvalue weighted by Gasteiger charge is 2.22. The fourth-order valence-electron chi connectivity index (χ4n) is 5.16. The molecule has 1 aliphatic heterocycles. The van der Waals surface area contributed by atoms with Crippen molar-refractivity contribution in [3.05, 3.63) is 76.3 Å². The van der Waals surface area contributed by atoms with Crippen LogP contribution in [0.2, 0.25) is 0 Å². The average molecular weight is 519 g/mol. The van der Waals surface area contributed by atoms with Crippen LogP contribution in [0.5, 0.6) is 11.5 Å². The van der Waals surface area contributed by atoms with Crippen molar-refractivity contribution in [1.29, 1.82) is 0 Å². The Balaban J connectivity index is 1.17. The topological polar surface area (TPSA) is 109 Å². The molecule has 0 bridgehead atoms. The van der Waals surface area contributed by atoms with Gasteiger partial charge < -0.3 is 34.5 Å². The molecule has 0 spiro atoms. The van der Waals surface area contributed by atoms with Gasteiger partial charge in [0.15, 0.2) is 6.79 Å². The van der Waals surface area contributed by atoms with Crippen molar-refractivity contribution in [2.75, 3.05) is 40.6 Å². The number of pyridine rings is 2. The predicted octanol–water partition coefficient (Wildman–Crippen LogP) is 3.36. The van der Waals surface area contributed by atoms with Gasteiger partial charge in [-0.25, -0.2) is 0 Å². The molecule has 5 rings (SSSR count). The lowest BCUT2D eigenvalue weighted by molar-refractivity contribution is 0.0522. The van der Waals surface area contributed by atoms with Gasteiger partial charge in [-0.15, -0.1) is 0 Å². The van der Waals surface area contributed by atoms with Gasteiger partial charge in [-0.05, 0) is 73.3 Å². The minimum Gasteiger partial charge on any atom is -0.497 e. The first-order valence-corrected chi connectivity index (χ1v) is 12.9. The second-order valence-corrected chi connectivity index (χ2v) is 9.65. The van der Waals surface area contributed by atoms with Gasteiger partial charge in [0.25, 0.3) is 5.56 Å². The molecule has 3 N–H and O–H groups in total. The minimum atomic E-state index is -0.613. The molecule has 1 saturated heterocycles. The summed E-state index contributed by atoms with van der Waals surface area (Å²) in [5, 5.41) is 16.9. The number of aliphatic hydroxyl groups excluding tert-OH is 1. The van der Waals surface area contributed by atoms with E-state index in [0.717, 1.165) is 59.2 Å². The number of β-amino-alcohol motifs (C(OH)–C–C–N with tert-alkyl or cyclic N) is 1. The van der Waals surface area contributed by atoms with E-state index in [4.69, 9.17) is 14.2 Å². The van der Waals surface area contributed by atoms with Crippen LogP contribution >= 0.6 is 0 Å². The zero-order valence-electron chi connectivity index (χ0n) is 21.8. The number of aromatic nitrogens is 2. The Morgan fingerprint density at radius 3 is 2.79 bits per heavy atom. The van der Waals surface area contributed by atoms with Gasteiger partial charge in [-0.2, -0.15) is 0 Å². The van der Waals surface area contributed by atoms with Crippen molar-refractivity contribution < 1.29 is 19.3 Å². The number of likely N-dealkylation sites (tertiary alicyclic amines) is 1. The van der Waals surface area contributed by atoms with E-state index in [1.165, 1.54) is 0 Å². The first kappa shape index (κ1) is 26.1. The molecule has 2 aromatic carbocycles. The molecular weight excluding hydrogens is 484 g/mol. The van der Waals surface area contributed by atoms with E-state index in [1.807, 2.05) is 42.5 Å². The molecule has 0 saturated carbocycles. The molecule has 38 heavy (non-hydrogen) atoms. The second-order valence-electron chi connectivity index (χ2n) is 9.65. The summed E-state index contributed by atoms with van der Waals surface area (Å²) in [4.78, 5) is 22.5. The molecule has 1 aliphatic rings. The zero-order valence-corrected chi connectivity index (χ0v) is 21.8. The third-order valence-electron chi connectivity index (χ3n) is 7.16. The van der Waals surface area contributed by atoms with Crippen molar-refractivity contribution in [3.63, 3.8) is 0 Å². The first-order valence-electron chi connectivity index (χ1n) is 12.9.